The summed E-state index contributed by atoms with van der Waals surface area (Å²) in [4.78, 5) is 21.1. The molecular weight excluding hydrogens is 507 g/mol. The lowest BCUT2D eigenvalue weighted by atomic mass is 10.2. The van der Waals surface area contributed by atoms with Crippen LogP contribution in [-0.4, -0.2) is 63.2 Å². The number of aromatic hydroxyl groups is 1. The van der Waals surface area contributed by atoms with Crippen molar-refractivity contribution in [1.29, 1.82) is 0 Å². The van der Waals surface area contributed by atoms with Gasteiger partial charge in [0.2, 0.25) is 0 Å². The Morgan fingerprint density at radius 1 is 0.714 bits per heavy atom. The zero-order chi connectivity index (χ0) is 21.7. The highest BCUT2D eigenvalue weighted by Gasteiger charge is 2.16. The number of H-pyrrole nitrogens is 2. The van der Waals surface area contributed by atoms with E-state index in [1.165, 1.54) is 5.69 Å². The molecule has 0 atom stereocenters. The number of rotatable bonds is 3. The molecule has 2 aromatic heterocycles. The zero-order valence-corrected chi connectivity index (χ0v) is 21.5. The van der Waals surface area contributed by atoms with Gasteiger partial charge in [-0.2, -0.15) is 0 Å². The maximum atomic E-state index is 9.77. The Kier molecular flexibility index (Phi) is 8.18. The second kappa shape index (κ2) is 10.7. The molecule has 1 saturated heterocycles. The molecule has 0 spiro atoms. The number of hydrogen-bond acceptors (Lipinski definition) is 5. The number of nitrogens with zero attached hydrogens (tertiary/aromatic N) is 4. The first-order valence-electron chi connectivity index (χ1n) is 10.9. The van der Waals surface area contributed by atoms with Crippen LogP contribution in [0.25, 0.3) is 44.8 Å². The molecule has 0 saturated carbocycles. The third-order valence-electron chi connectivity index (χ3n) is 6.21. The average molecular weight is 534 g/mol. The van der Waals surface area contributed by atoms with Gasteiger partial charge in [-0.1, -0.05) is 12.1 Å². The van der Waals surface area contributed by atoms with E-state index in [1.54, 1.807) is 12.1 Å². The van der Waals surface area contributed by atoms with E-state index >= 15 is 0 Å². The van der Waals surface area contributed by atoms with Crippen LogP contribution < -0.4 is 4.90 Å². The Hall–Kier alpha value is -2.97. The number of nitrogens with one attached hydrogen (secondary N) is 2. The van der Waals surface area contributed by atoms with E-state index < -0.39 is 0 Å². The van der Waals surface area contributed by atoms with Crippen molar-refractivity contribution in [1.82, 2.24) is 24.8 Å². The van der Waals surface area contributed by atoms with Gasteiger partial charge in [0.15, 0.2) is 0 Å². The van der Waals surface area contributed by atoms with Crippen molar-refractivity contribution in [3.8, 4) is 28.5 Å². The molecular formula is C25H27Cl3N6O. The van der Waals surface area contributed by atoms with E-state index in [-0.39, 0.29) is 43.0 Å². The number of aromatic amines is 2. The number of benzene rings is 3. The van der Waals surface area contributed by atoms with Gasteiger partial charge in [0.1, 0.15) is 17.4 Å². The number of hydrogen-bond donors (Lipinski definition) is 3. The highest BCUT2D eigenvalue weighted by atomic mass is 35.5. The van der Waals surface area contributed by atoms with Gasteiger partial charge in [0.25, 0.3) is 0 Å². The summed E-state index contributed by atoms with van der Waals surface area (Å²) in [5, 5.41) is 9.77. The van der Waals surface area contributed by atoms with E-state index in [4.69, 9.17) is 4.98 Å². The number of fused-ring (bicyclic) bond motifs is 2. The Morgan fingerprint density at radius 3 is 1.97 bits per heavy atom. The fourth-order valence-corrected chi connectivity index (χ4v) is 4.34. The van der Waals surface area contributed by atoms with Crippen LogP contribution in [0.5, 0.6) is 5.75 Å². The number of phenols is 1. The summed E-state index contributed by atoms with van der Waals surface area (Å²) < 4.78 is 0. The fourth-order valence-electron chi connectivity index (χ4n) is 4.34. The highest BCUT2D eigenvalue weighted by Crippen LogP contribution is 2.29. The topological polar surface area (TPSA) is 84.1 Å². The second-order valence-corrected chi connectivity index (χ2v) is 8.44. The van der Waals surface area contributed by atoms with Crippen LogP contribution in [-0.2, 0) is 0 Å². The third kappa shape index (κ3) is 5.18. The van der Waals surface area contributed by atoms with Crippen LogP contribution in [0.2, 0.25) is 0 Å². The van der Waals surface area contributed by atoms with E-state index in [0.717, 1.165) is 71.0 Å². The maximum absolute atomic E-state index is 9.77. The molecule has 3 N–H and O–H groups in total. The number of halogens is 3. The number of aromatic nitrogens is 4. The second-order valence-electron chi connectivity index (χ2n) is 8.44. The largest absolute Gasteiger partial charge is 0.508 e. The standard InChI is InChI=1S/C25H24N6O.3ClH/c1-30-9-11-31(12-10-30)18-6-8-21-23(15-18)29-25(27-21)17-5-7-20-22(14-17)28-24(26-20)16-3-2-4-19(32)13-16;;;/h2-8,13-15,32H,9-12H2,1H3,(H,26,28)(H,27,29);3*1H. The van der Waals surface area contributed by atoms with Crippen LogP contribution in [0.1, 0.15) is 0 Å². The summed E-state index contributed by atoms with van der Waals surface area (Å²) in [5.74, 6) is 1.79. The van der Waals surface area contributed by atoms with E-state index in [9.17, 15) is 5.11 Å². The minimum absolute atomic E-state index is 0. The summed E-state index contributed by atoms with van der Waals surface area (Å²) in [7, 11) is 2.17. The van der Waals surface area contributed by atoms with Gasteiger partial charge in [0.05, 0.1) is 22.1 Å². The molecule has 10 heteroatoms. The number of imidazole rings is 2. The zero-order valence-electron chi connectivity index (χ0n) is 19.1. The summed E-state index contributed by atoms with van der Waals surface area (Å²) >= 11 is 0. The Bertz CT molecular complexity index is 1440. The quantitative estimate of drug-likeness (QED) is 0.285. The smallest absolute Gasteiger partial charge is 0.138 e. The Balaban J connectivity index is 0.00000114. The Labute approximate surface area is 221 Å². The molecule has 3 heterocycles. The molecule has 1 aliphatic rings. The molecule has 184 valence electrons. The van der Waals surface area contributed by atoms with Gasteiger partial charge < -0.3 is 24.9 Å². The van der Waals surface area contributed by atoms with Crippen molar-refractivity contribution < 1.29 is 5.11 Å². The third-order valence-corrected chi connectivity index (χ3v) is 6.21. The van der Waals surface area contributed by atoms with Crippen LogP contribution in [0.3, 0.4) is 0 Å². The molecule has 0 radical (unpaired) electrons. The predicted octanol–water partition coefficient (Wildman–Crippen LogP) is 5.50. The molecule has 3 aromatic carbocycles. The molecule has 6 rings (SSSR count). The SMILES string of the molecule is CN1CCN(c2ccc3nc(-c4ccc5nc(-c6cccc(O)c6)[nH]c5c4)[nH]c3c2)CC1.Cl.Cl.Cl. The van der Waals surface area contributed by atoms with Crippen molar-refractivity contribution in [3.05, 3.63) is 60.7 Å². The number of anilines is 1. The first-order valence-corrected chi connectivity index (χ1v) is 10.9. The molecule has 35 heavy (non-hydrogen) atoms. The number of piperazine rings is 1. The molecule has 0 aliphatic carbocycles. The lowest BCUT2D eigenvalue weighted by molar-refractivity contribution is 0.313. The van der Waals surface area contributed by atoms with Crippen molar-refractivity contribution in [2.75, 3.05) is 38.1 Å². The predicted molar refractivity (Wildman–Crippen MR) is 150 cm³/mol. The van der Waals surface area contributed by atoms with Crippen LogP contribution in [0.15, 0.2) is 60.7 Å². The van der Waals surface area contributed by atoms with Crippen molar-refractivity contribution in [2.24, 2.45) is 0 Å². The van der Waals surface area contributed by atoms with Crippen molar-refractivity contribution >= 4 is 65.0 Å². The minimum Gasteiger partial charge on any atom is -0.508 e. The lowest BCUT2D eigenvalue weighted by Crippen LogP contribution is -2.44. The van der Waals surface area contributed by atoms with Gasteiger partial charge in [-0.25, -0.2) is 9.97 Å². The van der Waals surface area contributed by atoms with Gasteiger partial charge in [-0.05, 0) is 55.6 Å². The van der Waals surface area contributed by atoms with E-state index in [2.05, 4.69) is 56.1 Å². The van der Waals surface area contributed by atoms with Crippen LogP contribution in [0, 0.1) is 0 Å². The molecule has 5 aromatic rings. The normalized spacial score (nSPS) is 13.8. The highest BCUT2D eigenvalue weighted by molar-refractivity contribution is 5.87. The Morgan fingerprint density at radius 2 is 1.31 bits per heavy atom. The van der Waals surface area contributed by atoms with Crippen LogP contribution in [0.4, 0.5) is 5.69 Å². The maximum Gasteiger partial charge on any atom is 0.138 e. The van der Waals surface area contributed by atoms with Crippen molar-refractivity contribution in [2.45, 2.75) is 0 Å². The van der Waals surface area contributed by atoms with Crippen LogP contribution >= 0.6 is 37.2 Å². The first kappa shape index (κ1) is 26.6. The van der Waals surface area contributed by atoms with Gasteiger partial charge in [-0.15, -0.1) is 37.2 Å². The number of phenolic OH excluding ortho intramolecular Hbond substituents is 1. The van der Waals surface area contributed by atoms with Gasteiger partial charge in [-0.3, -0.25) is 0 Å². The summed E-state index contributed by atoms with van der Waals surface area (Å²) in [6, 6.07) is 19.7. The molecule has 1 fully saturated rings. The summed E-state index contributed by atoms with van der Waals surface area (Å²) in [6.45, 7) is 4.25. The molecule has 7 nitrogen and oxygen atoms in total. The molecule has 0 amide bonds. The molecule has 0 unspecified atom stereocenters. The summed E-state index contributed by atoms with van der Waals surface area (Å²) in [5.41, 5.74) is 6.90. The van der Waals surface area contributed by atoms with E-state index in [0.29, 0.717) is 0 Å². The first-order chi connectivity index (χ1) is 15.6. The van der Waals surface area contributed by atoms with Crippen molar-refractivity contribution in [3.63, 3.8) is 0 Å². The van der Waals surface area contributed by atoms with Gasteiger partial charge >= 0.3 is 0 Å². The fraction of sp³-hybridized carbons (Fsp3) is 0.200. The molecule has 1 aliphatic heterocycles. The lowest BCUT2D eigenvalue weighted by Gasteiger charge is -2.34. The van der Waals surface area contributed by atoms with E-state index in [1.807, 2.05) is 24.3 Å². The average Bonchev–Trinajstić information content (AvgIpc) is 3.43. The monoisotopic (exact) mass is 532 g/mol. The number of likely N-dealkylation sites (N-methyl/N-ethyl adjacent to an activating group) is 1. The van der Waals surface area contributed by atoms with Gasteiger partial charge in [0, 0.05) is 43.0 Å². The minimum atomic E-state index is 0. The summed E-state index contributed by atoms with van der Waals surface area (Å²) in [6.07, 6.45) is 0. The molecule has 0 bridgehead atoms.